The third-order valence-corrected chi connectivity index (χ3v) is 6.09. The molecule has 1 fully saturated rings. The first kappa shape index (κ1) is 19.9. The molecule has 0 saturated heterocycles. The summed E-state index contributed by atoms with van der Waals surface area (Å²) >= 11 is 7.68. The van der Waals surface area contributed by atoms with Crippen LogP contribution in [0.5, 0.6) is 5.75 Å². The Morgan fingerprint density at radius 2 is 2.14 bits per heavy atom. The fourth-order valence-corrected chi connectivity index (χ4v) is 3.87. The number of amides is 1. The first-order valence-corrected chi connectivity index (χ1v) is 10.8. The molecule has 1 aliphatic rings. The lowest BCUT2D eigenvalue weighted by molar-refractivity contribution is 0.0907. The van der Waals surface area contributed by atoms with Crippen molar-refractivity contribution in [2.75, 3.05) is 6.61 Å². The number of aromatic nitrogens is 2. The van der Waals surface area contributed by atoms with Gasteiger partial charge >= 0.3 is 0 Å². The molecule has 29 heavy (non-hydrogen) atoms. The molecule has 0 unspecified atom stereocenters. The van der Waals surface area contributed by atoms with E-state index in [0.717, 1.165) is 10.6 Å². The second-order valence-electron chi connectivity index (χ2n) is 7.72. The predicted octanol–water partition coefficient (Wildman–Crippen LogP) is 5.31. The minimum Gasteiger partial charge on any atom is -0.491 e. The molecule has 3 aromatic rings. The normalized spacial score (nSPS) is 13.9. The topological polar surface area (TPSA) is 64.1 Å². The van der Waals surface area contributed by atoms with E-state index in [0.29, 0.717) is 34.7 Å². The molecule has 1 aliphatic carbocycles. The summed E-state index contributed by atoms with van der Waals surface area (Å²) in [6, 6.07) is 10.9. The number of benzene rings is 1. The maximum absolute atomic E-state index is 12.9. The molecule has 0 atom stereocenters. The standard InChI is InChI=1S/C22H22ClN3O2S/c1-22(2,21-24-10-11-29-21)26-20(27)17-8-9-18(28-13-14-6-7-14)19(25-17)15-4-3-5-16(23)12-15/h3-5,8-12,14H,6-7,13H2,1-2H3,(H,26,27). The van der Waals surface area contributed by atoms with Gasteiger partial charge in [0.1, 0.15) is 22.1 Å². The molecule has 150 valence electrons. The van der Waals surface area contributed by atoms with Gasteiger partial charge in [-0.2, -0.15) is 0 Å². The molecular weight excluding hydrogens is 406 g/mol. The lowest BCUT2D eigenvalue weighted by Gasteiger charge is -2.23. The van der Waals surface area contributed by atoms with Gasteiger partial charge in [-0.1, -0.05) is 23.7 Å². The summed E-state index contributed by atoms with van der Waals surface area (Å²) in [7, 11) is 0. The van der Waals surface area contributed by atoms with E-state index < -0.39 is 5.54 Å². The van der Waals surface area contributed by atoms with Crippen molar-refractivity contribution >= 4 is 28.8 Å². The molecule has 2 aromatic heterocycles. The lowest BCUT2D eigenvalue weighted by Crippen LogP contribution is -2.41. The van der Waals surface area contributed by atoms with Gasteiger partial charge in [-0.25, -0.2) is 9.97 Å². The van der Waals surface area contributed by atoms with Gasteiger partial charge in [0.2, 0.25) is 0 Å². The van der Waals surface area contributed by atoms with Gasteiger partial charge in [-0.3, -0.25) is 4.79 Å². The molecule has 4 rings (SSSR count). The molecule has 7 heteroatoms. The van der Waals surface area contributed by atoms with Crippen molar-refractivity contribution in [3.05, 3.63) is 63.7 Å². The van der Waals surface area contributed by atoms with Crippen LogP contribution in [0, 0.1) is 5.92 Å². The number of thiazole rings is 1. The summed E-state index contributed by atoms with van der Waals surface area (Å²) in [5.74, 6) is 1.02. The van der Waals surface area contributed by atoms with Crippen molar-refractivity contribution in [1.82, 2.24) is 15.3 Å². The van der Waals surface area contributed by atoms with Gasteiger partial charge in [-0.05, 0) is 56.9 Å². The Hall–Kier alpha value is -2.44. The van der Waals surface area contributed by atoms with Gasteiger partial charge in [0.05, 0.1) is 12.1 Å². The molecule has 5 nitrogen and oxygen atoms in total. The van der Waals surface area contributed by atoms with E-state index >= 15 is 0 Å². The second-order valence-corrected chi connectivity index (χ2v) is 9.06. The summed E-state index contributed by atoms with van der Waals surface area (Å²) < 4.78 is 6.00. The summed E-state index contributed by atoms with van der Waals surface area (Å²) in [4.78, 5) is 21.9. The fourth-order valence-electron chi connectivity index (χ4n) is 2.96. The van der Waals surface area contributed by atoms with Crippen LogP contribution in [0.2, 0.25) is 5.02 Å². The Morgan fingerprint density at radius 1 is 1.31 bits per heavy atom. The van der Waals surface area contributed by atoms with Crippen LogP contribution in [-0.4, -0.2) is 22.5 Å². The Morgan fingerprint density at radius 3 is 2.83 bits per heavy atom. The predicted molar refractivity (Wildman–Crippen MR) is 116 cm³/mol. The SMILES string of the molecule is CC(C)(NC(=O)c1ccc(OCC2CC2)c(-c2cccc(Cl)c2)n1)c1nccs1. The molecule has 0 radical (unpaired) electrons. The van der Waals surface area contributed by atoms with Gasteiger partial charge < -0.3 is 10.1 Å². The Labute approximate surface area is 179 Å². The van der Waals surface area contributed by atoms with E-state index in [1.165, 1.54) is 24.2 Å². The number of carbonyl (C=O) groups is 1. The van der Waals surface area contributed by atoms with Gasteiger partial charge in [0.25, 0.3) is 5.91 Å². The van der Waals surface area contributed by atoms with E-state index in [9.17, 15) is 4.79 Å². The van der Waals surface area contributed by atoms with Crippen LogP contribution in [0.15, 0.2) is 48.0 Å². The number of halogens is 1. The number of nitrogens with one attached hydrogen (secondary N) is 1. The third kappa shape index (κ3) is 4.77. The van der Waals surface area contributed by atoms with Crippen molar-refractivity contribution in [3.63, 3.8) is 0 Å². The highest BCUT2D eigenvalue weighted by Crippen LogP contribution is 2.34. The van der Waals surface area contributed by atoms with Gasteiger partial charge in [0.15, 0.2) is 0 Å². The Kier molecular flexibility index (Phi) is 5.56. The van der Waals surface area contributed by atoms with Crippen LogP contribution in [0.1, 0.15) is 42.2 Å². The highest BCUT2D eigenvalue weighted by atomic mass is 35.5. The smallest absolute Gasteiger partial charge is 0.270 e. The van der Waals surface area contributed by atoms with Crippen molar-refractivity contribution in [2.45, 2.75) is 32.2 Å². The molecule has 0 bridgehead atoms. The van der Waals surface area contributed by atoms with Crippen molar-refractivity contribution in [2.24, 2.45) is 5.92 Å². The molecule has 1 saturated carbocycles. The highest BCUT2D eigenvalue weighted by molar-refractivity contribution is 7.09. The molecule has 2 heterocycles. The van der Waals surface area contributed by atoms with Crippen LogP contribution in [0.25, 0.3) is 11.3 Å². The summed E-state index contributed by atoms with van der Waals surface area (Å²) in [6.07, 6.45) is 4.13. The van der Waals surface area contributed by atoms with E-state index in [4.69, 9.17) is 16.3 Å². The highest BCUT2D eigenvalue weighted by Gasteiger charge is 2.27. The van der Waals surface area contributed by atoms with Crippen LogP contribution in [-0.2, 0) is 5.54 Å². The quantitative estimate of drug-likeness (QED) is 0.554. The second kappa shape index (κ2) is 8.13. The van der Waals surface area contributed by atoms with Crippen LogP contribution in [0.4, 0.5) is 0 Å². The summed E-state index contributed by atoms with van der Waals surface area (Å²) in [5, 5.41) is 6.36. The maximum Gasteiger partial charge on any atom is 0.270 e. The number of hydrogen-bond acceptors (Lipinski definition) is 5. The zero-order valence-corrected chi connectivity index (χ0v) is 17.9. The zero-order valence-electron chi connectivity index (χ0n) is 16.3. The fraction of sp³-hybridized carbons (Fsp3) is 0.318. The summed E-state index contributed by atoms with van der Waals surface area (Å²) in [6.45, 7) is 4.52. The molecule has 0 spiro atoms. The van der Waals surface area contributed by atoms with Crippen LogP contribution >= 0.6 is 22.9 Å². The lowest BCUT2D eigenvalue weighted by atomic mass is 10.1. The van der Waals surface area contributed by atoms with Gasteiger partial charge in [0, 0.05) is 22.2 Å². The van der Waals surface area contributed by atoms with Crippen molar-refractivity contribution in [1.29, 1.82) is 0 Å². The summed E-state index contributed by atoms with van der Waals surface area (Å²) in [5.41, 5.74) is 1.16. The van der Waals surface area contributed by atoms with E-state index in [2.05, 4.69) is 15.3 Å². The molecular formula is C22H22ClN3O2S. The maximum atomic E-state index is 12.9. The Balaban J connectivity index is 1.63. The van der Waals surface area contributed by atoms with E-state index in [1.54, 1.807) is 12.3 Å². The van der Waals surface area contributed by atoms with Gasteiger partial charge in [-0.15, -0.1) is 11.3 Å². The van der Waals surface area contributed by atoms with Crippen LogP contribution < -0.4 is 10.1 Å². The first-order chi connectivity index (χ1) is 13.9. The van der Waals surface area contributed by atoms with Crippen molar-refractivity contribution < 1.29 is 9.53 Å². The first-order valence-electron chi connectivity index (χ1n) is 9.54. The van der Waals surface area contributed by atoms with E-state index in [-0.39, 0.29) is 5.91 Å². The third-order valence-electron chi connectivity index (χ3n) is 4.75. The number of ether oxygens (including phenoxy) is 1. The number of carbonyl (C=O) groups excluding carboxylic acids is 1. The number of hydrogen-bond donors (Lipinski definition) is 1. The van der Waals surface area contributed by atoms with E-state index in [1.807, 2.05) is 49.6 Å². The minimum atomic E-state index is -0.593. The minimum absolute atomic E-state index is 0.262. The number of nitrogens with zero attached hydrogens (tertiary/aromatic N) is 2. The average Bonchev–Trinajstić information content (AvgIpc) is 3.35. The number of pyridine rings is 1. The monoisotopic (exact) mass is 427 g/mol. The molecule has 1 aromatic carbocycles. The van der Waals surface area contributed by atoms with Crippen molar-refractivity contribution in [3.8, 4) is 17.0 Å². The molecule has 0 aliphatic heterocycles. The molecule has 1 amide bonds. The largest absolute Gasteiger partial charge is 0.491 e. The van der Waals surface area contributed by atoms with Crippen LogP contribution in [0.3, 0.4) is 0 Å². The Bertz CT molecular complexity index is 1020. The number of rotatable bonds is 7. The average molecular weight is 428 g/mol. The zero-order chi connectivity index (χ0) is 20.4. The molecule has 1 N–H and O–H groups in total.